The highest BCUT2D eigenvalue weighted by atomic mass is 32.1. The summed E-state index contributed by atoms with van der Waals surface area (Å²) < 4.78 is 31.7. The molecule has 12 heteroatoms. The molecule has 29 heavy (non-hydrogen) atoms. The third-order valence-electron chi connectivity index (χ3n) is 4.62. The molecule has 2 aliphatic rings. The Morgan fingerprint density at radius 1 is 1.28 bits per heavy atom. The number of halogens is 3. The van der Waals surface area contributed by atoms with Gasteiger partial charge in [0.25, 0.3) is 0 Å². The van der Waals surface area contributed by atoms with E-state index in [2.05, 4.69) is 19.9 Å². The average Bonchev–Trinajstić information content (AvgIpc) is 3.33. The quantitative estimate of drug-likeness (QED) is 0.796. The van der Waals surface area contributed by atoms with E-state index in [0.717, 1.165) is 36.3 Å². The molecule has 0 bridgehead atoms. The molecule has 2 aromatic rings. The molecule has 2 atom stereocenters. The van der Waals surface area contributed by atoms with Crippen molar-refractivity contribution in [2.75, 3.05) is 24.5 Å². The van der Waals surface area contributed by atoms with Crippen molar-refractivity contribution in [2.24, 2.45) is 11.8 Å². The first-order valence-electron chi connectivity index (χ1n) is 8.67. The molecule has 0 radical (unpaired) electrons. The molecule has 2 saturated heterocycles. The van der Waals surface area contributed by atoms with Gasteiger partial charge in [-0.15, -0.1) is 11.3 Å². The van der Waals surface area contributed by atoms with Crippen LogP contribution in [0.15, 0.2) is 23.8 Å². The maximum atomic E-state index is 12.6. The molecule has 0 unspecified atom stereocenters. The second kappa shape index (κ2) is 8.31. The molecule has 0 spiro atoms. The van der Waals surface area contributed by atoms with E-state index in [1.807, 2.05) is 23.3 Å². The molecular weight excluding hydrogens is 411 g/mol. The van der Waals surface area contributed by atoms with E-state index in [1.54, 1.807) is 23.7 Å². The highest BCUT2D eigenvalue weighted by molar-refractivity contribution is 7.09. The summed E-state index contributed by atoms with van der Waals surface area (Å²) in [6.07, 6.45) is -1.59. The number of carbonyl (C=O) groups is 2. The molecule has 8 nitrogen and oxygen atoms in total. The lowest BCUT2D eigenvalue weighted by atomic mass is 10.0. The highest BCUT2D eigenvalue weighted by Crippen LogP contribution is 2.34. The number of likely N-dealkylation sites (tertiary alicyclic amines) is 1. The number of alkyl halides is 3. The molecule has 0 aliphatic carbocycles. The standard InChI is InChI=1S/C15H17N5OS.C2HF3O2/c1-10-18-12(9-22-10)7-19-5-11-6-20(8-13(11)14(19)21)15-16-3-2-4-17-15;3-2(4,5)1(6)7/h2-4,9,11,13H,5-8H2,1H3;(H,6,7)/t11-,13+;/m1./s1. The zero-order valence-electron chi connectivity index (χ0n) is 15.3. The van der Waals surface area contributed by atoms with Gasteiger partial charge >= 0.3 is 12.1 Å². The summed E-state index contributed by atoms with van der Waals surface area (Å²) in [6.45, 7) is 5.01. The summed E-state index contributed by atoms with van der Waals surface area (Å²) in [7, 11) is 0. The number of aryl methyl sites for hydroxylation is 1. The summed E-state index contributed by atoms with van der Waals surface area (Å²) in [5.41, 5.74) is 0.999. The van der Waals surface area contributed by atoms with Crippen molar-refractivity contribution >= 4 is 29.2 Å². The first-order valence-corrected chi connectivity index (χ1v) is 9.55. The van der Waals surface area contributed by atoms with Gasteiger partial charge in [-0.1, -0.05) is 0 Å². The van der Waals surface area contributed by atoms with Crippen LogP contribution in [0.25, 0.3) is 0 Å². The Balaban J connectivity index is 0.000000298. The van der Waals surface area contributed by atoms with Crippen LogP contribution in [-0.4, -0.2) is 62.6 Å². The first kappa shape index (κ1) is 21.0. The van der Waals surface area contributed by atoms with Crippen molar-refractivity contribution in [1.82, 2.24) is 19.9 Å². The number of aromatic nitrogens is 3. The number of hydrogen-bond donors (Lipinski definition) is 1. The van der Waals surface area contributed by atoms with Crippen LogP contribution in [0.1, 0.15) is 10.7 Å². The Bertz CT molecular complexity index is 877. The normalized spacial score (nSPS) is 21.0. The molecule has 1 N–H and O–H groups in total. The number of rotatable bonds is 3. The van der Waals surface area contributed by atoms with E-state index in [1.165, 1.54) is 0 Å². The lowest BCUT2D eigenvalue weighted by Gasteiger charge is -2.21. The molecule has 156 valence electrons. The van der Waals surface area contributed by atoms with Crippen molar-refractivity contribution in [2.45, 2.75) is 19.6 Å². The van der Waals surface area contributed by atoms with Crippen molar-refractivity contribution in [3.05, 3.63) is 34.5 Å². The topological polar surface area (TPSA) is 99.5 Å². The Morgan fingerprint density at radius 2 is 1.93 bits per heavy atom. The number of hydrogen-bond acceptors (Lipinski definition) is 7. The van der Waals surface area contributed by atoms with Gasteiger partial charge in [0.2, 0.25) is 11.9 Å². The highest BCUT2D eigenvalue weighted by Gasteiger charge is 2.46. The minimum atomic E-state index is -5.08. The van der Waals surface area contributed by atoms with E-state index in [0.29, 0.717) is 12.5 Å². The van der Waals surface area contributed by atoms with Gasteiger partial charge in [-0.2, -0.15) is 13.2 Å². The fourth-order valence-electron chi connectivity index (χ4n) is 3.38. The lowest BCUT2D eigenvalue weighted by Crippen LogP contribution is -2.33. The number of aliphatic carboxylic acids is 1. The Hall–Kier alpha value is -2.76. The molecule has 2 aromatic heterocycles. The number of nitrogens with zero attached hydrogens (tertiary/aromatic N) is 5. The largest absolute Gasteiger partial charge is 0.490 e. The van der Waals surface area contributed by atoms with Gasteiger partial charge in [0, 0.05) is 43.3 Å². The molecule has 1 amide bonds. The van der Waals surface area contributed by atoms with Crippen LogP contribution in [0.5, 0.6) is 0 Å². The second-order valence-corrected chi connectivity index (χ2v) is 7.76. The van der Waals surface area contributed by atoms with Crippen molar-refractivity contribution in [3.63, 3.8) is 0 Å². The number of anilines is 1. The van der Waals surface area contributed by atoms with Gasteiger partial charge in [0.15, 0.2) is 0 Å². The van der Waals surface area contributed by atoms with Crippen LogP contribution in [0.3, 0.4) is 0 Å². The van der Waals surface area contributed by atoms with Gasteiger partial charge in [0.05, 0.1) is 23.2 Å². The second-order valence-electron chi connectivity index (χ2n) is 6.70. The molecule has 0 aromatic carbocycles. The van der Waals surface area contributed by atoms with Crippen molar-refractivity contribution < 1.29 is 27.9 Å². The van der Waals surface area contributed by atoms with Crippen LogP contribution in [0, 0.1) is 18.8 Å². The Kier molecular flexibility index (Phi) is 6.01. The predicted molar refractivity (Wildman–Crippen MR) is 97.2 cm³/mol. The maximum Gasteiger partial charge on any atom is 0.490 e. The third-order valence-corrected chi connectivity index (χ3v) is 5.44. The van der Waals surface area contributed by atoms with E-state index in [-0.39, 0.29) is 11.8 Å². The fourth-order valence-corrected chi connectivity index (χ4v) is 3.98. The lowest BCUT2D eigenvalue weighted by molar-refractivity contribution is -0.192. The molecule has 0 saturated carbocycles. The predicted octanol–water partition coefficient (Wildman–Crippen LogP) is 1.97. The average molecular weight is 429 g/mol. The Morgan fingerprint density at radius 3 is 2.45 bits per heavy atom. The number of fused-ring (bicyclic) bond motifs is 1. The molecule has 2 aliphatic heterocycles. The smallest absolute Gasteiger partial charge is 0.475 e. The Labute approximate surface area is 168 Å². The van der Waals surface area contributed by atoms with Gasteiger partial charge < -0.3 is 14.9 Å². The maximum absolute atomic E-state index is 12.6. The van der Waals surface area contributed by atoms with Crippen LogP contribution < -0.4 is 4.90 Å². The van der Waals surface area contributed by atoms with Crippen molar-refractivity contribution in [3.8, 4) is 0 Å². The molecule has 2 fully saturated rings. The summed E-state index contributed by atoms with van der Waals surface area (Å²) >= 11 is 1.63. The van der Waals surface area contributed by atoms with Crippen LogP contribution >= 0.6 is 11.3 Å². The van der Waals surface area contributed by atoms with Crippen LogP contribution in [0.2, 0.25) is 0 Å². The zero-order valence-corrected chi connectivity index (χ0v) is 16.2. The number of thiazole rings is 1. The first-order chi connectivity index (χ1) is 13.6. The third kappa shape index (κ3) is 5.00. The minimum absolute atomic E-state index is 0.0727. The monoisotopic (exact) mass is 429 g/mol. The zero-order chi connectivity index (χ0) is 21.2. The number of carboxylic acid groups (broad SMARTS) is 1. The van der Waals surface area contributed by atoms with Crippen LogP contribution in [-0.2, 0) is 16.1 Å². The van der Waals surface area contributed by atoms with Gasteiger partial charge in [0.1, 0.15) is 0 Å². The van der Waals surface area contributed by atoms with Crippen molar-refractivity contribution in [1.29, 1.82) is 0 Å². The number of amides is 1. The van der Waals surface area contributed by atoms with Crippen LogP contribution in [0.4, 0.5) is 19.1 Å². The fraction of sp³-hybridized carbons (Fsp3) is 0.471. The van der Waals surface area contributed by atoms with E-state index >= 15 is 0 Å². The molecule has 4 rings (SSSR count). The van der Waals surface area contributed by atoms with E-state index in [9.17, 15) is 18.0 Å². The number of carboxylic acids is 1. The summed E-state index contributed by atoms with van der Waals surface area (Å²) in [6, 6.07) is 1.81. The molecule has 4 heterocycles. The molecular formula is C17H18F3N5O3S. The summed E-state index contributed by atoms with van der Waals surface area (Å²) in [4.78, 5) is 38.6. The van der Waals surface area contributed by atoms with Gasteiger partial charge in [-0.05, 0) is 13.0 Å². The van der Waals surface area contributed by atoms with E-state index < -0.39 is 12.1 Å². The van der Waals surface area contributed by atoms with Gasteiger partial charge in [-0.3, -0.25) is 4.79 Å². The SMILES string of the molecule is Cc1nc(CN2C[C@@H]3CN(c4ncccn4)C[C@@H]3C2=O)cs1.O=C(O)C(F)(F)F. The number of carbonyl (C=O) groups excluding carboxylic acids is 1. The van der Waals surface area contributed by atoms with E-state index in [4.69, 9.17) is 9.90 Å². The van der Waals surface area contributed by atoms with Gasteiger partial charge in [-0.25, -0.2) is 19.7 Å². The summed E-state index contributed by atoms with van der Waals surface area (Å²) in [5.74, 6) is -1.34. The minimum Gasteiger partial charge on any atom is -0.475 e. The summed E-state index contributed by atoms with van der Waals surface area (Å²) in [5, 5.41) is 10.2.